The molecule has 0 spiro atoms. The lowest BCUT2D eigenvalue weighted by Gasteiger charge is -2.16. The topological polar surface area (TPSA) is 55.8 Å². The number of allylic oxidation sites excluding steroid dienone is 8. The van der Waals surface area contributed by atoms with Gasteiger partial charge >= 0.3 is 5.97 Å². The molecule has 56 heavy (non-hydrogen) atoms. The van der Waals surface area contributed by atoms with Gasteiger partial charge in [0.25, 0.3) is 0 Å². The number of esters is 1. The first-order chi connectivity index (χ1) is 27.7. The highest BCUT2D eigenvalue weighted by Gasteiger charge is 2.13. The van der Waals surface area contributed by atoms with Gasteiger partial charge in [0, 0.05) is 13.0 Å². The average molecular weight is 785 g/mol. The average Bonchev–Trinajstić information content (AvgIpc) is 3.20. The second-order valence-electron chi connectivity index (χ2n) is 16.5. The van der Waals surface area contributed by atoms with Crippen LogP contribution in [-0.2, 0) is 14.3 Å². The number of aliphatic hydroxyl groups is 1. The molecule has 0 aromatic heterocycles. The lowest BCUT2D eigenvalue weighted by atomic mass is 10.0. The van der Waals surface area contributed by atoms with Gasteiger partial charge in [-0.15, -0.1) is 0 Å². The van der Waals surface area contributed by atoms with Crippen LogP contribution in [0, 0.1) is 0 Å². The molecule has 0 bridgehead atoms. The van der Waals surface area contributed by atoms with Gasteiger partial charge in [0.2, 0.25) is 0 Å². The van der Waals surface area contributed by atoms with Gasteiger partial charge in [-0.05, 0) is 51.4 Å². The Morgan fingerprint density at radius 1 is 0.446 bits per heavy atom. The van der Waals surface area contributed by atoms with Crippen LogP contribution >= 0.6 is 0 Å². The Morgan fingerprint density at radius 2 is 0.804 bits per heavy atom. The molecule has 0 aliphatic rings. The van der Waals surface area contributed by atoms with E-state index >= 15 is 0 Å². The fourth-order valence-corrected chi connectivity index (χ4v) is 7.26. The van der Waals surface area contributed by atoms with Gasteiger partial charge in [0.1, 0.15) is 6.10 Å². The summed E-state index contributed by atoms with van der Waals surface area (Å²) in [4.78, 5) is 12.2. The highest BCUT2D eigenvalue weighted by molar-refractivity contribution is 5.69. The van der Waals surface area contributed by atoms with Crippen molar-refractivity contribution in [2.45, 2.75) is 258 Å². The van der Waals surface area contributed by atoms with E-state index in [9.17, 15) is 9.90 Å². The molecule has 0 radical (unpaired) electrons. The minimum absolute atomic E-state index is 0.176. The smallest absolute Gasteiger partial charge is 0.306 e. The largest absolute Gasteiger partial charge is 0.457 e. The standard InChI is InChI=1S/C52H96O4/c1-3-5-7-9-11-13-15-17-19-21-23-24-25-26-27-28-30-32-34-36-38-40-42-44-46-48-55-50-51(49-53)56-52(54)47-45-43-41-39-37-35-33-31-29-22-20-18-16-14-12-10-8-6-4-2/h6,8,12,14,18,20,29,31,51,53H,3-5,7,9-11,13,15-17,19,21-28,30,32-50H2,1-2H3/b8-6-,14-12-,20-18-,31-29-. The molecule has 0 aliphatic heterocycles. The van der Waals surface area contributed by atoms with E-state index in [0.717, 1.165) is 57.8 Å². The summed E-state index contributed by atoms with van der Waals surface area (Å²) >= 11 is 0. The summed E-state index contributed by atoms with van der Waals surface area (Å²) < 4.78 is 11.2. The molecule has 0 aliphatic carbocycles. The molecule has 1 unspecified atom stereocenters. The molecule has 0 amide bonds. The lowest BCUT2D eigenvalue weighted by molar-refractivity contribution is -0.154. The molecular weight excluding hydrogens is 689 g/mol. The van der Waals surface area contributed by atoms with Crippen molar-refractivity contribution in [2.24, 2.45) is 0 Å². The quantitative estimate of drug-likeness (QED) is 0.0379. The molecule has 0 aromatic carbocycles. The van der Waals surface area contributed by atoms with Crippen molar-refractivity contribution in [3.05, 3.63) is 48.6 Å². The summed E-state index contributed by atoms with van der Waals surface area (Å²) in [6, 6.07) is 0. The van der Waals surface area contributed by atoms with Gasteiger partial charge in [-0.3, -0.25) is 4.79 Å². The predicted octanol–water partition coefficient (Wildman–Crippen LogP) is 16.6. The molecule has 4 heteroatoms. The van der Waals surface area contributed by atoms with E-state index in [1.165, 1.54) is 173 Å². The second kappa shape index (κ2) is 49.5. The van der Waals surface area contributed by atoms with E-state index in [1.807, 2.05) is 0 Å². The molecule has 0 rings (SSSR count). The fourth-order valence-electron chi connectivity index (χ4n) is 7.26. The molecule has 1 atom stereocenters. The van der Waals surface area contributed by atoms with E-state index in [-0.39, 0.29) is 12.6 Å². The fraction of sp³-hybridized carbons (Fsp3) is 0.827. The van der Waals surface area contributed by atoms with Crippen LogP contribution < -0.4 is 0 Å². The van der Waals surface area contributed by atoms with Crippen LogP contribution in [0.1, 0.15) is 251 Å². The lowest BCUT2D eigenvalue weighted by Crippen LogP contribution is -2.27. The summed E-state index contributed by atoms with van der Waals surface area (Å²) in [6.07, 6.45) is 64.9. The van der Waals surface area contributed by atoms with E-state index < -0.39 is 6.10 Å². The Kier molecular flexibility index (Phi) is 48.0. The number of carbonyl (C=O) groups excluding carboxylic acids is 1. The molecule has 4 nitrogen and oxygen atoms in total. The molecule has 0 fully saturated rings. The normalized spacial score (nSPS) is 12.7. The first kappa shape index (κ1) is 54.3. The summed E-state index contributed by atoms with van der Waals surface area (Å²) in [6.45, 7) is 5.25. The minimum Gasteiger partial charge on any atom is -0.457 e. The number of rotatable bonds is 46. The van der Waals surface area contributed by atoms with Crippen LogP contribution in [0.3, 0.4) is 0 Å². The first-order valence-electron chi connectivity index (χ1n) is 24.7. The van der Waals surface area contributed by atoms with Crippen molar-refractivity contribution in [1.82, 2.24) is 0 Å². The summed E-state index contributed by atoms with van der Waals surface area (Å²) in [5.41, 5.74) is 0. The van der Waals surface area contributed by atoms with E-state index in [2.05, 4.69) is 62.5 Å². The van der Waals surface area contributed by atoms with Gasteiger partial charge in [-0.1, -0.05) is 242 Å². The monoisotopic (exact) mass is 785 g/mol. The van der Waals surface area contributed by atoms with Crippen molar-refractivity contribution >= 4 is 5.97 Å². The second-order valence-corrected chi connectivity index (χ2v) is 16.5. The highest BCUT2D eigenvalue weighted by Crippen LogP contribution is 2.16. The molecular formula is C52H96O4. The van der Waals surface area contributed by atoms with Crippen molar-refractivity contribution in [2.75, 3.05) is 19.8 Å². The maximum absolute atomic E-state index is 12.2. The Bertz CT molecular complexity index is 874. The molecule has 0 saturated heterocycles. The van der Waals surface area contributed by atoms with E-state index in [1.54, 1.807) is 0 Å². The Labute approximate surface area is 350 Å². The zero-order valence-corrected chi connectivity index (χ0v) is 37.7. The molecule has 328 valence electrons. The summed E-state index contributed by atoms with van der Waals surface area (Å²) in [5.74, 6) is -0.211. The third kappa shape index (κ3) is 46.7. The SMILES string of the molecule is CC/C=C\C/C=C\C/C=C\C/C=C\CCCCCCCCC(=O)OC(CO)COCCCCCCCCCCCCCCCCCCCCCCCCCCC. The van der Waals surface area contributed by atoms with E-state index in [0.29, 0.717) is 19.6 Å². The zero-order chi connectivity index (χ0) is 40.5. The van der Waals surface area contributed by atoms with Crippen LogP contribution in [0.25, 0.3) is 0 Å². The number of unbranched alkanes of at least 4 members (excludes halogenated alkanes) is 30. The number of aliphatic hydroxyl groups excluding tert-OH is 1. The van der Waals surface area contributed by atoms with Crippen molar-refractivity contribution in [1.29, 1.82) is 0 Å². The zero-order valence-electron chi connectivity index (χ0n) is 37.7. The van der Waals surface area contributed by atoms with E-state index in [4.69, 9.17) is 9.47 Å². The van der Waals surface area contributed by atoms with Gasteiger partial charge < -0.3 is 14.6 Å². The summed E-state index contributed by atoms with van der Waals surface area (Å²) in [7, 11) is 0. The number of hydrogen-bond donors (Lipinski definition) is 1. The van der Waals surface area contributed by atoms with Gasteiger partial charge in [-0.25, -0.2) is 0 Å². The van der Waals surface area contributed by atoms with Crippen molar-refractivity contribution in [3.63, 3.8) is 0 Å². The Balaban J connectivity index is 3.39. The predicted molar refractivity (Wildman–Crippen MR) is 247 cm³/mol. The highest BCUT2D eigenvalue weighted by atomic mass is 16.6. The molecule has 0 saturated carbocycles. The van der Waals surface area contributed by atoms with Gasteiger partial charge in [0.15, 0.2) is 0 Å². The molecule has 0 aromatic rings. The minimum atomic E-state index is -0.542. The third-order valence-corrected chi connectivity index (χ3v) is 10.9. The van der Waals surface area contributed by atoms with Crippen LogP contribution in [0.4, 0.5) is 0 Å². The maximum Gasteiger partial charge on any atom is 0.306 e. The first-order valence-corrected chi connectivity index (χ1v) is 24.7. The molecule has 0 heterocycles. The van der Waals surface area contributed by atoms with Crippen LogP contribution in [0.2, 0.25) is 0 Å². The Morgan fingerprint density at radius 3 is 1.21 bits per heavy atom. The van der Waals surface area contributed by atoms with Crippen LogP contribution in [0.5, 0.6) is 0 Å². The molecule has 1 N–H and O–H groups in total. The van der Waals surface area contributed by atoms with Crippen molar-refractivity contribution < 1.29 is 19.4 Å². The number of ether oxygens (including phenoxy) is 2. The Hall–Kier alpha value is -1.65. The van der Waals surface area contributed by atoms with Gasteiger partial charge in [0.05, 0.1) is 13.2 Å². The maximum atomic E-state index is 12.2. The number of hydrogen-bond acceptors (Lipinski definition) is 4. The van der Waals surface area contributed by atoms with Crippen molar-refractivity contribution in [3.8, 4) is 0 Å². The third-order valence-electron chi connectivity index (χ3n) is 10.9. The van der Waals surface area contributed by atoms with Gasteiger partial charge in [-0.2, -0.15) is 0 Å². The van der Waals surface area contributed by atoms with Crippen LogP contribution in [-0.4, -0.2) is 37.0 Å². The van der Waals surface area contributed by atoms with Crippen LogP contribution in [0.15, 0.2) is 48.6 Å². The summed E-state index contributed by atoms with van der Waals surface area (Å²) in [5, 5.41) is 9.64. The number of carbonyl (C=O) groups is 1.